The summed E-state index contributed by atoms with van der Waals surface area (Å²) in [6, 6.07) is 8.47. The number of carboxylic acid groups (broad SMARTS) is 1. The Kier molecular flexibility index (Phi) is 5.29. The van der Waals surface area contributed by atoms with Crippen LogP contribution in [0.4, 0.5) is 0 Å². The molecule has 0 saturated carbocycles. The second kappa shape index (κ2) is 6.73. The number of aliphatic hydroxyl groups is 1. The van der Waals surface area contributed by atoms with Gasteiger partial charge in [0.25, 0.3) is 0 Å². The van der Waals surface area contributed by atoms with Gasteiger partial charge in [0.2, 0.25) is 5.91 Å². The second-order valence-corrected chi connectivity index (χ2v) is 3.90. The van der Waals surface area contributed by atoms with Crippen molar-refractivity contribution in [2.45, 2.75) is 18.6 Å². The number of hydrogen-bond donors (Lipinski definition) is 4. The monoisotopic (exact) mass is 252 g/mol. The van der Waals surface area contributed by atoms with Crippen LogP contribution >= 0.6 is 0 Å². The first-order valence-electron chi connectivity index (χ1n) is 5.49. The van der Waals surface area contributed by atoms with Gasteiger partial charge < -0.3 is 21.3 Å². The minimum absolute atomic E-state index is 0.351. The Morgan fingerprint density at radius 2 is 1.89 bits per heavy atom. The predicted octanol–water partition coefficient (Wildman–Crippen LogP) is -0.882. The van der Waals surface area contributed by atoms with Gasteiger partial charge in [-0.1, -0.05) is 30.3 Å². The third kappa shape index (κ3) is 4.52. The van der Waals surface area contributed by atoms with E-state index >= 15 is 0 Å². The summed E-state index contributed by atoms with van der Waals surface area (Å²) < 4.78 is 0. The van der Waals surface area contributed by atoms with E-state index in [1.807, 2.05) is 30.3 Å². The molecular weight excluding hydrogens is 236 g/mol. The summed E-state index contributed by atoms with van der Waals surface area (Å²) >= 11 is 0. The molecular formula is C12H16N2O4. The molecule has 98 valence electrons. The lowest BCUT2D eigenvalue weighted by Gasteiger charge is -2.13. The number of nitrogens with one attached hydrogen (secondary N) is 1. The van der Waals surface area contributed by atoms with Crippen LogP contribution in [-0.2, 0) is 16.0 Å². The van der Waals surface area contributed by atoms with E-state index in [1.54, 1.807) is 0 Å². The molecule has 1 amide bonds. The van der Waals surface area contributed by atoms with Gasteiger partial charge >= 0.3 is 5.97 Å². The number of aliphatic hydroxyl groups excluding tert-OH is 1. The van der Waals surface area contributed by atoms with Crippen LogP contribution in [-0.4, -0.2) is 40.8 Å². The van der Waals surface area contributed by atoms with E-state index in [2.05, 4.69) is 5.32 Å². The topological polar surface area (TPSA) is 113 Å². The number of rotatable bonds is 6. The molecule has 5 N–H and O–H groups in total. The van der Waals surface area contributed by atoms with E-state index in [-0.39, 0.29) is 6.54 Å². The van der Waals surface area contributed by atoms with Gasteiger partial charge in [-0.05, 0) is 12.0 Å². The minimum atomic E-state index is -1.61. The van der Waals surface area contributed by atoms with Gasteiger partial charge in [-0.15, -0.1) is 0 Å². The number of carbonyl (C=O) groups is 2. The van der Waals surface area contributed by atoms with Gasteiger partial charge in [-0.3, -0.25) is 4.79 Å². The zero-order chi connectivity index (χ0) is 13.5. The van der Waals surface area contributed by atoms with Crippen LogP contribution in [0.5, 0.6) is 0 Å². The van der Waals surface area contributed by atoms with E-state index in [0.29, 0.717) is 6.42 Å². The molecule has 0 aliphatic carbocycles. The summed E-state index contributed by atoms with van der Waals surface area (Å²) in [7, 11) is 0. The lowest BCUT2D eigenvalue weighted by molar-refractivity contribution is -0.146. The number of nitrogens with two attached hydrogens (primary N) is 1. The summed E-state index contributed by atoms with van der Waals surface area (Å²) in [5.41, 5.74) is 6.59. The van der Waals surface area contributed by atoms with Gasteiger partial charge in [-0.2, -0.15) is 0 Å². The first-order valence-corrected chi connectivity index (χ1v) is 5.49. The molecule has 0 bridgehead atoms. The highest BCUT2D eigenvalue weighted by atomic mass is 16.4. The number of amides is 1. The first kappa shape index (κ1) is 14.1. The van der Waals surface area contributed by atoms with E-state index in [1.165, 1.54) is 0 Å². The lowest BCUT2D eigenvalue weighted by Crippen LogP contribution is -2.45. The van der Waals surface area contributed by atoms with Crippen LogP contribution in [0.1, 0.15) is 5.56 Å². The summed E-state index contributed by atoms with van der Waals surface area (Å²) in [6.07, 6.45) is -1.26. The number of carbonyl (C=O) groups excluding carboxylic acids is 1. The van der Waals surface area contributed by atoms with Gasteiger partial charge in [0.05, 0.1) is 12.6 Å². The molecule has 0 spiro atoms. The van der Waals surface area contributed by atoms with E-state index in [0.717, 1.165) is 5.56 Å². The Balaban J connectivity index is 2.40. The molecule has 2 atom stereocenters. The molecule has 0 fully saturated rings. The van der Waals surface area contributed by atoms with Crippen molar-refractivity contribution in [3.8, 4) is 0 Å². The summed E-state index contributed by atoms with van der Waals surface area (Å²) in [6.45, 7) is -0.351. The molecule has 1 aromatic rings. The number of hydrogen-bond acceptors (Lipinski definition) is 4. The quantitative estimate of drug-likeness (QED) is 0.525. The van der Waals surface area contributed by atoms with Crippen molar-refractivity contribution in [3.63, 3.8) is 0 Å². The third-order valence-electron chi connectivity index (χ3n) is 2.39. The van der Waals surface area contributed by atoms with Crippen LogP contribution in [0.3, 0.4) is 0 Å². The van der Waals surface area contributed by atoms with E-state index in [4.69, 9.17) is 15.9 Å². The van der Waals surface area contributed by atoms with Crippen molar-refractivity contribution in [3.05, 3.63) is 35.9 Å². The average molecular weight is 252 g/mol. The fraction of sp³-hybridized carbons (Fsp3) is 0.333. The molecule has 2 unspecified atom stereocenters. The van der Waals surface area contributed by atoms with Crippen LogP contribution in [0.25, 0.3) is 0 Å². The smallest absolute Gasteiger partial charge is 0.334 e. The highest BCUT2D eigenvalue weighted by molar-refractivity contribution is 5.82. The highest BCUT2D eigenvalue weighted by Crippen LogP contribution is 2.01. The molecule has 1 rings (SSSR count). The molecule has 6 nitrogen and oxygen atoms in total. The predicted molar refractivity (Wildman–Crippen MR) is 64.8 cm³/mol. The Morgan fingerprint density at radius 3 is 2.44 bits per heavy atom. The zero-order valence-corrected chi connectivity index (χ0v) is 9.74. The van der Waals surface area contributed by atoms with Crippen molar-refractivity contribution < 1.29 is 19.8 Å². The van der Waals surface area contributed by atoms with Gasteiger partial charge in [0.15, 0.2) is 6.10 Å². The average Bonchev–Trinajstić information content (AvgIpc) is 2.36. The van der Waals surface area contributed by atoms with E-state index < -0.39 is 24.0 Å². The standard InChI is InChI=1S/C12H16N2O4/c13-9(6-8-4-2-1-3-5-8)11(16)14-7-10(15)12(17)18/h1-5,9-10,15H,6-7,13H2,(H,14,16)(H,17,18). The van der Waals surface area contributed by atoms with Gasteiger partial charge in [0.1, 0.15) is 0 Å². The van der Waals surface area contributed by atoms with Gasteiger partial charge in [-0.25, -0.2) is 4.79 Å². The largest absolute Gasteiger partial charge is 0.479 e. The number of carboxylic acids is 1. The molecule has 0 heterocycles. The number of aliphatic carboxylic acids is 1. The SMILES string of the molecule is NC(Cc1ccccc1)C(=O)NCC(O)C(=O)O. The molecule has 6 heteroatoms. The maximum atomic E-state index is 11.5. The first-order chi connectivity index (χ1) is 8.50. The van der Waals surface area contributed by atoms with Crippen molar-refractivity contribution >= 4 is 11.9 Å². The van der Waals surface area contributed by atoms with Crippen molar-refractivity contribution in [1.29, 1.82) is 0 Å². The minimum Gasteiger partial charge on any atom is -0.479 e. The maximum Gasteiger partial charge on any atom is 0.334 e. The van der Waals surface area contributed by atoms with E-state index in [9.17, 15) is 9.59 Å². The summed E-state index contributed by atoms with van der Waals surface area (Å²) in [5.74, 6) is -1.87. The summed E-state index contributed by atoms with van der Waals surface area (Å²) in [4.78, 5) is 21.9. The lowest BCUT2D eigenvalue weighted by atomic mass is 10.1. The second-order valence-electron chi connectivity index (χ2n) is 3.90. The van der Waals surface area contributed by atoms with Crippen LogP contribution in [0.15, 0.2) is 30.3 Å². The molecule has 0 radical (unpaired) electrons. The van der Waals surface area contributed by atoms with Crippen LogP contribution in [0.2, 0.25) is 0 Å². The van der Waals surface area contributed by atoms with Crippen molar-refractivity contribution in [2.24, 2.45) is 5.73 Å². The van der Waals surface area contributed by atoms with Gasteiger partial charge in [0, 0.05) is 0 Å². The molecule has 0 aromatic heterocycles. The normalized spacial score (nSPS) is 13.7. The fourth-order valence-electron chi connectivity index (χ4n) is 1.38. The summed E-state index contributed by atoms with van der Waals surface area (Å²) in [5, 5.41) is 19.7. The van der Waals surface area contributed by atoms with Crippen molar-refractivity contribution in [1.82, 2.24) is 5.32 Å². The third-order valence-corrected chi connectivity index (χ3v) is 2.39. The Labute approximate surface area is 104 Å². The molecule has 0 aliphatic rings. The molecule has 0 saturated heterocycles. The number of benzene rings is 1. The molecule has 1 aromatic carbocycles. The Morgan fingerprint density at radius 1 is 1.28 bits per heavy atom. The molecule has 0 aliphatic heterocycles. The van der Waals surface area contributed by atoms with Crippen LogP contribution < -0.4 is 11.1 Å². The highest BCUT2D eigenvalue weighted by Gasteiger charge is 2.18. The van der Waals surface area contributed by atoms with Crippen LogP contribution in [0, 0.1) is 0 Å². The maximum absolute atomic E-state index is 11.5. The fourth-order valence-corrected chi connectivity index (χ4v) is 1.38. The Bertz CT molecular complexity index is 408. The molecule has 18 heavy (non-hydrogen) atoms. The zero-order valence-electron chi connectivity index (χ0n) is 9.74. The Hall–Kier alpha value is -1.92. The van der Waals surface area contributed by atoms with Crippen molar-refractivity contribution in [2.75, 3.05) is 6.54 Å².